The Hall–Kier alpha value is -3.16. The first-order chi connectivity index (χ1) is 12.4. The third kappa shape index (κ3) is 3.74. The zero-order valence-electron chi connectivity index (χ0n) is 14.0. The summed E-state index contributed by atoms with van der Waals surface area (Å²) in [6, 6.07) is 10.2. The smallest absolute Gasteiger partial charge is 0.425 e. The highest BCUT2D eigenvalue weighted by Gasteiger charge is 2.40. The molecule has 2 aromatic heterocycles. The fourth-order valence-corrected chi connectivity index (χ4v) is 2.34. The highest BCUT2D eigenvalue weighted by molar-refractivity contribution is 5.66. The molecule has 0 spiro atoms. The Labute approximate surface area is 147 Å². The highest BCUT2D eigenvalue weighted by Crippen LogP contribution is 2.41. The molecule has 0 amide bonds. The number of pyridine rings is 1. The van der Waals surface area contributed by atoms with Gasteiger partial charge >= 0.3 is 6.18 Å². The molecular weight excluding hydrogens is 345 g/mol. The Balaban J connectivity index is 2.16. The van der Waals surface area contributed by atoms with Gasteiger partial charge in [-0.1, -0.05) is 17.7 Å². The minimum atomic E-state index is -4.69. The van der Waals surface area contributed by atoms with Crippen LogP contribution >= 0.6 is 0 Å². The molecule has 2 heterocycles. The van der Waals surface area contributed by atoms with Gasteiger partial charge in [0.1, 0.15) is 0 Å². The summed E-state index contributed by atoms with van der Waals surface area (Å²) in [5.74, 6) is -0.819. The number of aryl methyl sites for hydroxylation is 1. The molecule has 1 aromatic carbocycles. The number of halogens is 3. The molecule has 0 bridgehead atoms. The number of alkyl halides is 3. The quantitative estimate of drug-likeness (QED) is 0.736. The van der Waals surface area contributed by atoms with Crippen LogP contribution in [0.1, 0.15) is 11.1 Å². The molecule has 3 aromatic rings. The second kappa shape index (κ2) is 6.99. The van der Waals surface area contributed by atoms with Gasteiger partial charge in [-0.2, -0.15) is 18.2 Å². The molecule has 8 heteroatoms. The van der Waals surface area contributed by atoms with Gasteiger partial charge in [0, 0.05) is 23.6 Å². The molecule has 5 nitrogen and oxygen atoms in total. The molecule has 0 radical (unpaired) electrons. The molecule has 0 fully saturated rings. The molecular formula is C18H15F3N4O. The topological polar surface area (TPSA) is 59.9 Å². The van der Waals surface area contributed by atoms with Crippen LogP contribution in [-0.4, -0.2) is 22.1 Å². The highest BCUT2D eigenvalue weighted by atomic mass is 19.4. The van der Waals surface area contributed by atoms with Crippen molar-refractivity contribution in [3.63, 3.8) is 0 Å². The van der Waals surface area contributed by atoms with Crippen LogP contribution in [0.25, 0.3) is 11.4 Å². The van der Waals surface area contributed by atoms with Crippen LogP contribution in [0.3, 0.4) is 0 Å². The van der Waals surface area contributed by atoms with E-state index in [0.717, 1.165) is 12.7 Å². The summed E-state index contributed by atoms with van der Waals surface area (Å²) in [7, 11) is 1.14. The lowest BCUT2D eigenvalue weighted by molar-refractivity contribution is -0.138. The minimum Gasteiger partial charge on any atom is -0.480 e. The van der Waals surface area contributed by atoms with Crippen molar-refractivity contribution in [2.24, 2.45) is 0 Å². The fourth-order valence-electron chi connectivity index (χ4n) is 2.34. The van der Waals surface area contributed by atoms with Crippen molar-refractivity contribution in [2.45, 2.75) is 13.1 Å². The first-order valence-corrected chi connectivity index (χ1v) is 7.66. The molecule has 1 N–H and O–H groups in total. The molecule has 0 aliphatic heterocycles. The Kier molecular flexibility index (Phi) is 4.75. The number of hydrogen-bond acceptors (Lipinski definition) is 5. The number of hydrogen-bond donors (Lipinski definition) is 1. The summed E-state index contributed by atoms with van der Waals surface area (Å²) in [5, 5.41) is 2.72. The van der Waals surface area contributed by atoms with Crippen molar-refractivity contribution in [3.8, 4) is 17.3 Å². The second-order valence-corrected chi connectivity index (χ2v) is 5.50. The predicted octanol–water partition coefficient (Wildman–Crippen LogP) is 4.62. The number of ether oxygens (including phenoxy) is 1. The summed E-state index contributed by atoms with van der Waals surface area (Å²) < 4.78 is 45.7. The molecule has 0 saturated carbocycles. The van der Waals surface area contributed by atoms with Gasteiger partial charge in [-0.25, -0.2) is 4.98 Å². The van der Waals surface area contributed by atoms with Gasteiger partial charge in [0.2, 0.25) is 5.88 Å². The number of nitrogens with zero attached hydrogens (tertiary/aromatic N) is 3. The van der Waals surface area contributed by atoms with E-state index in [2.05, 4.69) is 20.3 Å². The van der Waals surface area contributed by atoms with E-state index in [0.29, 0.717) is 11.3 Å². The zero-order valence-corrected chi connectivity index (χ0v) is 14.0. The number of rotatable bonds is 4. The number of anilines is 2. The maximum atomic E-state index is 13.6. The molecule has 0 aliphatic carbocycles. The van der Waals surface area contributed by atoms with Gasteiger partial charge in [-0.3, -0.25) is 4.98 Å². The van der Waals surface area contributed by atoms with Crippen LogP contribution in [0.2, 0.25) is 0 Å². The third-order valence-corrected chi connectivity index (χ3v) is 3.61. The number of aromatic nitrogens is 3. The maximum Gasteiger partial charge on any atom is 0.425 e. The van der Waals surface area contributed by atoms with Gasteiger partial charge in [0.15, 0.2) is 17.2 Å². The first kappa shape index (κ1) is 17.7. The number of methoxy groups -OCH3 is 1. The fraction of sp³-hybridized carbons (Fsp3) is 0.167. The predicted molar refractivity (Wildman–Crippen MR) is 91.3 cm³/mol. The van der Waals surface area contributed by atoms with Gasteiger partial charge in [0.05, 0.1) is 7.11 Å². The summed E-state index contributed by atoms with van der Waals surface area (Å²) in [5.41, 5.74) is 0.934. The van der Waals surface area contributed by atoms with Crippen LogP contribution in [0, 0.1) is 6.92 Å². The zero-order chi connectivity index (χ0) is 18.7. The SMILES string of the molecule is COc1nc(-c2ccncc2)nc(Nc2ccc(C)cc2)c1C(F)(F)F. The third-order valence-electron chi connectivity index (χ3n) is 3.61. The molecule has 26 heavy (non-hydrogen) atoms. The minimum absolute atomic E-state index is 0.104. The van der Waals surface area contributed by atoms with Crippen LogP contribution in [-0.2, 0) is 6.18 Å². The number of benzene rings is 1. The van der Waals surface area contributed by atoms with E-state index in [4.69, 9.17) is 4.74 Å². The molecule has 3 rings (SSSR count). The van der Waals surface area contributed by atoms with E-state index in [9.17, 15) is 13.2 Å². The molecule has 134 valence electrons. The first-order valence-electron chi connectivity index (χ1n) is 7.66. The van der Waals surface area contributed by atoms with E-state index < -0.39 is 17.6 Å². The summed E-state index contributed by atoms with van der Waals surface area (Å²) in [6.45, 7) is 1.89. The Morgan fingerprint density at radius 2 is 1.62 bits per heavy atom. The normalized spacial score (nSPS) is 11.3. The Morgan fingerprint density at radius 3 is 2.19 bits per heavy atom. The average Bonchev–Trinajstić information content (AvgIpc) is 2.62. The Morgan fingerprint density at radius 1 is 0.962 bits per heavy atom. The van der Waals surface area contributed by atoms with E-state index in [1.165, 1.54) is 12.4 Å². The molecule has 0 aliphatic rings. The van der Waals surface area contributed by atoms with E-state index >= 15 is 0 Å². The molecule has 0 unspecified atom stereocenters. The van der Waals surface area contributed by atoms with Gasteiger partial charge in [-0.15, -0.1) is 0 Å². The van der Waals surface area contributed by atoms with Crippen molar-refractivity contribution in [2.75, 3.05) is 12.4 Å². The van der Waals surface area contributed by atoms with Crippen molar-refractivity contribution >= 4 is 11.5 Å². The second-order valence-electron chi connectivity index (χ2n) is 5.50. The van der Waals surface area contributed by atoms with Crippen molar-refractivity contribution in [1.82, 2.24) is 15.0 Å². The van der Waals surface area contributed by atoms with Gasteiger partial charge in [-0.05, 0) is 31.2 Å². The van der Waals surface area contributed by atoms with Crippen molar-refractivity contribution < 1.29 is 17.9 Å². The van der Waals surface area contributed by atoms with E-state index in [1.54, 1.807) is 36.4 Å². The van der Waals surface area contributed by atoms with E-state index in [1.807, 2.05) is 6.92 Å². The monoisotopic (exact) mass is 360 g/mol. The van der Waals surface area contributed by atoms with Crippen molar-refractivity contribution in [1.29, 1.82) is 0 Å². The van der Waals surface area contributed by atoms with Crippen LogP contribution < -0.4 is 10.1 Å². The maximum absolute atomic E-state index is 13.6. The molecule has 0 atom stereocenters. The summed E-state index contributed by atoms with van der Waals surface area (Å²) >= 11 is 0. The van der Waals surface area contributed by atoms with Gasteiger partial charge < -0.3 is 10.1 Å². The van der Waals surface area contributed by atoms with Crippen LogP contribution in [0.4, 0.5) is 24.7 Å². The lowest BCUT2D eigenvalue weighted by atomic mass is 10.2. The van der Waals surface area contributed by atoms with Crippen LogP contribution in [0.15, 0.2) is 48.8 Å². The van der Waals surface area contributed by atoms with Crippen molar-refractivity contribution in [3.05, 3.63) is 59.9 Å². The van der Waals surface area contributed by atoms with Crippen LogP contribution in [0.5, 0.6) is 5.88 Å². The lowest BCUT2D eigenvalue weighted by Crippen LogP contribution is -2.14. The average molecular weight is 360 g/mol. The number of nitrogens with one attached hydrogen (secondary N) is 1. The van der Waals surface area contributed by atoms with E-state index in [-0.39, 0.29) is 11.6 Å². The lowest BCUT2D eigenvalue weighted by Gasteiger charge is -2.17. The molecule has 0 saturated heterocycles. The summed E-state index contributed by atoms with van der Waals surface area (Å²) in [6.07, 6.45) is -1.67. The largest absolute Gasteiger partial charge is 0.480 e. The summed E-state index contributed by atoms with van der Waals surface area (Å²) in [4.78, 5) is 11.9. The standard InChI is InChI=1S/C18H15F3N4O/c1-11-3-5-13(6-4-11)23-16-14(18(19,20)21)17(26-2)25-15(24-16)12-7-9-22-10-8-12/h3-10H,1-2H3,(H,23,24,25). The Bertz CT molecular complexity index is 897. The van der Waals surface area contributed by atoms with Gasteiger partial charge in [0.25, 0.3) is 0 Å².